The molecule has 0 spiro atoms. The van der Waals surface area contributed by atoms with Gasteiger partial charge in [0.15, 0.2) is 0 Å². The van der Waals surface area contributed by atoms with Crippen LogP contribution in [0.15, 0.2) is 24.3 Å². The summed E-state index contributed by atoms with van der Waals surface area (Å²) in [7, 11) is 1.73. The molecule has 0 bridgehead atoms. The number of amides is 1. The van der Waals surface area contributed by atoms with Gasteiger partial charge in [0.2, 0.25) is 0 Å². The lowest BCUT2D eigenvalue weighted by Crippen LogP contribution is -2.40. The van der Waals surface area contributed by atoms with Crippen LogP contribution < -0.4 is 0 Å². The molecule has 1 aromatic carbocycles. The Kier molecular flexibility index (Phi) is 4.54. The molecular weight excluding hydrogens is 299 g/mol. The SMILES string of the molecule is Cc1cc(C(=O)N(C)C[C@H]2COCCO2)c2ccc(F)cc2n1. The van der Waals surface area contributed by atoms with Crippen molar-refractivity contribution in [2.75, 3.05) is 33.4 Å². The Labute approximate surface area is 134 Å². The Balaban J connectivity index is 1.87. The molecule has 2 heterocycles. The summed E-state index contributed by atoms with van der Waals surface area (Å²) in [5.74, 6) is -0.503. The van der Waals surface area contributed by atoms with Crippen LogP contribution in [0.4, 0.5) is 4.39 Å². The van der Waals surface area contributed by atoms with Crippen LogP contribution in [0.3, 0.4) is 0 Å². The summed E-state index contributed by atoms with van der Waals surface area (Å²) in [5, 5.41) is 0.648. The Morgan fingerprint density at radius 1 is 1.39 bits per heavy atom. The first kappa shape index (κ1) is 15.8. The minimum atomic E-state index is -0.366. The van der Waals surface area contributed by atoms with Gasteiger partial charge in [0.25, 0.3) is 5.91 Å². The van der Waals surface area contributed by atoms with E-state index in [0.717, 1.165) is 0 Å². The molecule has 0 aliphatic carbocycles. The second kappa shape index (κ2) is 6.60. The van der Waals surface area contributed by atoms with Crippen LogP contribution in [0, 0.1) is 12.7 Å². The molecule has 1 amide bonds. The number of halogens is 1. The normalized spacial score (nSPS) is 18.1. The quantitative estimate of drug-likeness (QED) is 0.870. The second-order valence-electron chi connectivity index (χ2n) is 5.73. The number of ether oxygens (including phenoxy) is 2. The van der Waals surface area contributed by atoms with Crippen LogP contribution in [0.5, 0.6) is 0 Å². The Bertz CT molecular complexity index is 724. The second-order valence-corrected chi connectivity index (χ2v) is 5.73. The lowest BCUT2D eigenvalue weighted by Gasteiger charge is -2.27. The van der Waals surface area contributed by atoms with Crippen LogP contribution in [0.25, 0.3) is 10.9 Å². The van der Waals surface area contributed by atoms with Crippen molar-refractivity contribution in [3.8, 4) is 0 Å². The van der Waals surface area contributed by atoms with Gasteiger partial charge in [-0.15, -0.1) is 0 Å². The van der Waals surface area contributed by atoms with Crippen LogP contribution in [-0.2, 0) is 9.47 Å². The molecule has 0 N–H and O–H groups in total. The first-order chi connectivity index (χ1) is 11.0. The monoisotopic (exact) mass is 318 g/mol. The maximum absolute atomic E-state index is 13.4. The third kappa shape index (κ3) is 3.48. The maximum Gasteiger partial charge on any atom is 0.254 e. The fourth-order valence-corrected chi connectivity index (χ4v) is 2.75. The fourth-order valence-electron chi connectivity index (χ4n) is 2.75. The zero-order valence-electron chi connectivity index (χ0n) is 13.2. The molecule has 1 saturated heterocycles. The van der Waals surface area contributed by atoms with E-state index in [1.165, 1.54) is 12.1 Å². The zero-order chi connectivity index (χ0) is 16.4. The number of pyridine rings is 1. The van der Waals surface area contributed by atoms with E-state index >= 15 is 0 Å². The van der Waals surface area contributed by atoms with Crippen molar-refractivity contribution in [1.29, 1.82) is 0 Å². The first-order valence-electron chi connectivity index (χ1n) is 7.56. The van der Waals surface area contributed by atoms with Gasteiger partial charge in [-0.05, 0) is 25.1 Å². The van der Waals surface area contributed by atoms with E-state index in [4.69, 9.17) is 9.47 Å². The topological polar surface area (TPSA) is 51.7 Å². The van der Waals surface area contributed by atoms with Gasteiger partial charge in [-0.3, -0.25) is 9.78 Å². The smallest absolute Gasteiger partial charge is 0.254 e. The maximum atomic E-state index is 13.4. The number of rotatable bonds is 3. The molecule has 0 unspecified atom stereocenters. The Morgan fingerprint density at radius 2 is 2.22 bits per heavy atom. The number of likely N-dealkylation sites (N-methyl/N-ethyl adjacent to an activating group) is 1. The Hall–Kier alpha value is -2.05. The molecule has 5 nitrogen and oxygen atoms in total. The van der Waals surface area contributed by atoms with Crippen LogP contribution >= 0.6 is 0 Å². The predicted octanol–water partition coefficient (Wildman–Crippen LogP) is 2.17. The predicted molar refractivity (Wildman–Crippen MR) is 84.0 cm³/mol. The van der Waals surface area contributed by atoms with Crippen LogP contribution in [0.2, 0.25) is 0 Å². The van der Waals surface area contributed by atoms with Crippen molar-refractivity contribution in [2.45, 2.75) is 13.0 Å². The van der Waals surface area contributed by atoms with Gasteiger partial charge in [-0.1, -0.05) is 0 Å². The molecular formula is C17H19FN2O3. The van der Waals surface area contributed by atoms with Gasteiger partial charge >= 0.3 is 0 Å². The third-order valence-electron chi connectivity index (χ3n) is 3.84. The molecule has 0 radical (unpaired) electrons. The number of aromatic nitrogens is 1. The lowest BCUT2D eigenvalue weighted by atomic mass is 10.1. The molecule has 1 aliphatic heterocycles. The minimum Gasteiger partial charge on any atom is -0.376 e. The van der Waals surface area contributed by atoms with Gasteiger partial charge < -0.3 is 14.4 Å². The van der Waals surface area contributed by atoms with Crippen molar-refractivity contribution >= 4 is 16.8 Å². The van der Waals surface area contributed by atoms with E-state index in [2.05, 4.69) is 4.98 Å². The van der Waals surface area contributed by atoms with Gasteiger partial charge in [0, 0.05) is 30.7 Å². The fraction of sp³-hybridized carbons (Fsp3) is 0.412. The molecule has 3 rings (SSSR count). The van der Waals surface area contributed by atoms with Crippen molar-refractivity contribution in [1.82, 2.24) is 9.88 Å². The molecule has 2 aromatic rings. The van der Waals surface area contributed by atoms with E-state index in [1.54, 1.807) is 31.0 Å². The summed E-state index contributed by atoms with van der Waals surface area (Å²) < 4.78 is 24.3. The minimum absolute atomic E-state index is 0.121. The highest BCUT2D eigenvalue weighted by molar-refractivity contribution is 6.06. The average Bonchev–Trinajstić information content (AvgIpc) is 2.53. The number of carbonyl (C=O) groups excluding carboxylic acids is 1. The molecule has 1 aromatic heterocycles. The molecule has 23 heavy (non-hydrogen) atoms. The number of carbonyl (C=O) groups is 1. The lowest BCUT2D eigenvalue weighted by molar-refractivity contribution is -0.0933. The van der Waals surface area contributed by atoms with Crippen molar-refractivity contribution in [3.63, 3.8) is 0 Å². The zero-order valence-corrected chi connectivity index (χ0v) is 13.2. The van der Waals surface area contributed by atoms with Crippen molar-refractivity contribution in [3.05, 3.63) is 41.3 Å². The van der Waals surface area contributed by atoms with E-state index in [1.807, 2.05) is 0 Å². The summed E-state index contributed by atoms with van der Waals surface area (Å²) in [5.41, 5.74) is 1.68. The van der Waals surface area contributed by atoms with Gasteiger partial charge in [-0.2, -0.15) is 0 Å². The van der Waals surface area contributed by atoms with E-state index in [0.29, 0.717) is 48.5 Å². The molecule has 0 saturated carbocycles. The summed E-state index contributed by atoms with van der Waals surface area (Å²) >= 11 is 0. The van der Waals surface area contributed by atoms with Crippen molar-refractivity contribution < 1.29 is 18.7 Å². The number of nitrogens with zero attached hydrogens (tertiary/aromatic N) is 2. The summed E-state index contributed by atoms with van der Waals surface area (Å²) in [6.07, 6.45) is -0.121. The highest BCUT2D eigenvalue weighted by Crippen LogP contribution is 2.21. The summed E-state index contributed by atoms with van der Waals surface area (Å²) in [4.78, 5) is 18.7. The summed E-state index contributed by atoms with van der Waals surface area (Å²) in [6.45, 7) is 3.86. The van der Waals surface area contributed by atoms with E-state index in [9.17, 15) is 9.18 Å². The number of aryl methyl sites for hydroxylation is 1. The molecule has 1 aliphatic rings. The third-order valence-corrected chi connectivity index (χ3v) is 3.84. The number of fused-ring (bicyclic) bond motifs is 1. The van der Waals surface area contributed by atoms with Crippen LogP contribution in [0.1, 0.15) is 16.1 Å². The van der Waals surface area contributed by atoms with Crippen molar-refractivity contribution in [2.24, 2.45) is 0 Å². The largest absolute Gasteiger partial charge is 0.376 e. The average molecular weight is 318 g/mol. The molecule has 6 heteroatoms. The number of hydrogen-bond donors (Lipinski definition) is 0. The first-order valence-corrected chi connectivity index (χ1v) is 7.56. The highest BCUT2D eigenvalue weighted by atomic mass is 19.1. The number of benzene rings is 1. The van der Waals surface area contributed by atoms with Gasteiger partial charge in [0.1, 0.15) is 5.82 Å². The van der Waals surface area contributed by atoms with E-state index in [-0.39, 0.29) is 17.8 Å². The molecule has 122 valence electrons. The Morgan fingerprint density at radius 3 is 2.96 bits per heavy atom. The van der Waals surface area contributed by atoms with Gasteiger partial charge in [0.05, 0.1) is 37.0 Å². The van der Waals surface area contributed by atoms with Gasteiger partial charge in [-0.25, -0.2) is 4.39 Å². The summed E-state index contributed by atoms with van der Waals surface area (Å²) in [6, 6.07) is 6.01. The highest BCUT2D eigenvalue weighted by Gasteiger charge is 2.22. The molecule has 1 fully saturated rings. The molecule has 1 atom stereocenters. The van der Waals surface area contributed by atoms with Crippen LogP contribution in [-0.4, -0.2) is 55.3 Å². The number of hydrogen-bond acceptors (Lipinski definition) is 4. The standard InChI is InChI=1S/C17H19FN2O3/c1-11-7-15(14-4-3-12(18)8-16(14)19-11)17(21)20(2)9-13-10-22-5-6-23-13/h3-4,7-8,13H,5-6,9-10H2,1-2H3/t13-/m0/s1. The van der Waals surface area contributed by atoms with E-state index < -0.39 is 0 Å².